The lowest BCUT2D eigenvalue weighted by atomic mass is 10.2. The molecule has 1 unspecified atom stereocenters. The maximum atomic E-state index is 5.66. The normalized spacial score (nSPS) is 22.6. The van der Waals surface area contributed by atoms with Gasteiger partial charge in [0.05, 0.1) is 12.7 Å². The molecule has 82 valence electrons. The summed E-state index contributed by atoms with van der Waals surface area (Å²) in [6.07, 6.45) is 0.350. The summed E-state index contributed by atoms with van der Waals surface area (Å²) in [5.74, 6) is 0. The van der Waals surface area contributed by atoms with Gasteiger partial charge in [-0.25, -0.2) is 0 Å². The summed E-state index contributed by atoms with van der Waals surface area (Å²) in [5.41, 5.74) is 1.22. The molecular weight excluding hydrogens is 176 g/mol. The minimum atomic E-state index is 0.350. The van der Waals surface area contributed by atoms with Crippen molar-refractivity contribution in [2.45, 2.75) is 20.0 Å². The van der Waals surface area contributed by atoms with Crippen LogP contribution in [0.25, 0.3) is 0 Å². The van der Waals surface area contributed by atoms with E-state index in [9.17, 15) is 0 Å². The standard InChI is InChI=1S/C11H22N2O/c1-4-13(8-10(2)3)9-11-7-12-5-6-14-11/h11-12H,2,4-9H2,1,3H3. The van der Waals surface area contributed by atoms with Gasteiger partial charge in [-0.2, -0.15) is 0 Å². The Morgan fingerprint density at radius 1 is 1.64 bits per heavy atom. The van der Waals surface area contributed by atoms with Crippen LogP contribution in [-0.4, -0.2) is 50.3 Å². The largest absolute Gasteiger partial charge is 0.374 e. The van der Waals surface area contributed by atoms with Gasteiger partial charge in [-0.3, -0.25) is 4.90 Å². The summed E-state index contributed by atoms with van der Waals surface area (Å²) in [7, 11) is 0. The van der Waals surface area contributed by atoms with Gasteiger partial charge in [-0.15, -0.1) is 0 Å². The van der Waals surface area contributed by atoms with Gasteiger partial charge in [0, 0.05) is 26.2 Å². The highest BCUT2D eigenvalue weighted by Gasteiger charge is 2.16. The monoisotopic (exact) mass is 198 g/mol. The Morgan fingerprint density at radius 2 is 2.43 bits per heavy atom. The minimum Gasteiger partial charge on any atom is -0.374 e. The highest BCUT2D eigenvalue weighted by Crippen LogP contribution is 2.02. The number of rotatable bonds is 5. The van der Waals surface area contributed by atoms with Crippen LogP contribution in [0.5, 0.6) is 0 Å². The molecule has 0 aromatic heterocycles. The van der Waals surface area contributed by atoms with Crippen LogP contribution in [0.2, 0.25) is 0 Å². The first kappa shape index (κ1) is 11.7. The van der Waals surface area contributed by atoms with Crippen molar-refractivity contribution in [2.75, 3.05) is 39.3 Å². The van der Waals surface area contributed by atoms with Gasteiger partial charge >= 0.3 is 0 Å². The van der Waals surface area contributed by atoms with Gasteiger partial charge in [-0.05, 0) is 13.5 Å². The lowest BCUT2D eigenvalue weighted by Gasteiger charge is -2.29. The fraction of sp³-hybridized carbons (Fsp3) is 0.818. The third-order valence-electron chi connectivity index (χ3n) is 2.41. The second kappa shape index (κ2) is 6.17. The Labute approximate surface area is 87.1 Å². The average Bonchev–Trinajstić information content (AvgIpc) is 2.17. The van der Waals surface area contributed by atoms with E-state index in [1.165, 1.54) is 5.57 Å². The molecule has 1 atom stereocenters. The maximum Gasteiger partial charge on any atom is 0.0826 e. The van der Waals surface area contributed by atoms with Crippen molar-refractivity contribution in [3.8, 4) is 0 Å². The predicted molar refractivity (Wildman–Crippen MR) is 59.5 cm³/mol. The van der Waals surface area contributed by atoms with Crippen LogP contribution >= 0.6 is 0 Å². The molecule has 1 N–H and O–H groups in total. The van der Waals surface area contributed by atoms with Crippen molar-refractivity contribution in [1.29, 1.82) is 0 Å². The molecule has 0 spiro atoms. The maximum absolute atomic E-state index is 5.66. The first-order valence-corrected chi connectivity index (χ1v) is 5.41. The second-order valence-electron chi connectivity index (χ2n) is 3.98. The van der Waals surface area contributed by atoms with E-state index < -0.39 is 0 Å². The van der Waals surface area contributed by atoms with Gasteiger partial charge in [0.25, 0.3) is 0 Å². The average molecular weight is 198 g/mol. The zero-order valence-electron chi connectivity index (χ0n) is 9.38. The van der Waals surface area contributed by atoms with Crippen LogP contribution in [0.4, 0.5) is 0 Å². The molecule has 0 saturated carbocycles. The molecule has 0 bridgehead atoms. The topological polar surface area (TPSA) is 24.5 Å². The summed E-state index contributed by atoms with van der Waals surface area (Å²) in [6, 6.07) is 0. The van der Waals surface area contributed by atoms with Crippen LogP contribution in [0.3, 0.4) is 0 Å². The van der Waals surface area contributed by atoms with Crippen molar-refractivity contribution in [1.82, 2.24) is 10.2 Å². The van der Waals surface area contributed by atoms with Gasteiger partial charge in [0.2, 0.25) is 0 Å². The van der Waals surface area contributed by atoms with Gasteiger partial charge in [-0.1, -0.05) is 19.1 Å². The highest BCUT2D eigenvalue weighted by atomic mass is 16.5. The number of nitrogens with zero attached hydrogens (tertiary/aromatic N) is 1. The van der Waals surface area contributed by atoms with Crippen molar-refractivity contribution in [3.05, 3.63) is 12.2 Å². The van der Waals surface area contributed by atoms with E-state index >= 15 is 0 Å². The Morgan fingerprint density at radius 3 is 2.93 bits per heavy atom. The summed E-state index contributed by atoms with van der Waals surface area (Å²) < 4.78 is 5.66. The summed E-state index contributed by atoms with van der Waals surface area (Å²) in [6.45, 7) is 14.1. The second-order valence-corrected chi connectivity index (χ2v) is 3.98. The Hall–Kier alpha value is -0.380. The van der Waals surface area contributed by atoms with Crippen molar-refractivity contribution >= 4 is 0 Å². The molecule has 14 heavy (non-hydrogen) atoms. The van der Waals surface area contributed by atoms with Crippen LogP contribution in [0.15, 0.2) is 12.2 Å². The fourth-order valence-corrected chi connectivity index (χ4v) is 1.71. The van der Waals surface area contributed by atoms with Gasteiger partial charge < -0.3 is 10.1 Å². The zero-order valence-corrected chi connectivity index (χ0v) is 9.38. The molecular formula is C11H22N2O. The molecule has 0 radical (unpaired) electrons. The molecule has 1 saturated heterocycles. The third kappa shape index (κ3) is 4.22. The molecule has 0 amide bonds. The summed E-state index contributed by atoms with van der Waals surface area (Å²) in [4.78, 5) is 2.38. The number of hydrogen-bond donors (Lipinski definition) is 1. The molecule has 1 aliphatic rings. The molecule has 1 rings (SSSR count). The Balaban J connectivity index is 2.27. The molecule has 1 aliphatic heterocycles. The van der Waals surface area contributed by atoms with E-state index in [1.54, 1.807) is 0 Å². The van der Waals surface area contributed by atoms with E-state index in [1.807, 2.05) is 0 Å². The molecule has 1 heterocycles. The fourth-order valence-electron chi connectivity index (χ4n) is 1.71. The highest BCUT2D eigenvalue weighted by molar-refractivity contribution is 4.92. The summed E-state index contributed by atoms with van der Waals surface area (Å²) >= 11 is 0. The van der Waals surface area contributed by atoms with Gasteiger partial charge in [0.15, 0.2) is 0 Å². The lowest BCUT2D eigenvalue weighted by Crippen LogP contribution is -2.45. The van der Waals surface area contributed by atoms with Gasteiger partial charge in [0.1, 0.15) is 0 Å². The molecule has 3 nitrogen and oxygen atoms in total. The molecule has 1 fully saturated rings. The Kier molecular flexibility index (Phi) is 5.15. The van der Waals surface area contributed by atoms with Crippen LogP contribution in [0, 0.1) is 0 Å². The summed E-state index contributed by atoms with van der Waals surface area (Å²) in [5, 5.41) is 3.34. The van der Waals surface area contributed by atoms with Crippen molar-refractivity contribution in [2.24, 2.45) is 0 Å². The smallest absolute Gasteiger partial charge is 0.0826 e. The predicted octanol–water partition coefficient (Wildman–Crippen LogP) is 0.873. The van der Waals surface area contributed by atoms with Crippen molar-refractivity contribution in [3.63, 3.8) is 0 Å². The number of hydrogen-bond acceptors (Lipinski definition) is 3. The van der Waals surface area contributed by atoms with Crippen LogP contribution in [0.1, 0.15) is 13.8 Å². The minimum absolute atomic E-state index is 0.350. The van der Waals surface area contributed by atoms with Crippen LogP contribution in [-0.2, 0) is 4.74 Å². The third-order valence-corrected chi connectivity index (χ3v) is 2.41. The van der Waals surface area contributed by atoms with E-state index in [4.69, 9.17) is 4.74 Å². The van der Waals surface area contributed by atoms with Crippen molar-refractivity contribution < 1.29 is 4.74 Å². The quantitative estimate of drug-likeness (QED) is 0.664. The Bertz CT molecular complexity index is 176. The number of likely N-dealkylation sites (N-methyl/N-ethyl adjacent to an activating group) is 1. The number of ether oxygens (including phenoxy) is 1. The van der Waals surface area contributed by atoms with E-state index in [0.29, 0.717) is 6.10 Å². The molecule has 0 aromatic rings. The molecule has 3 heteroatoms. The van der Waals surface area contributed by atoms with E-state index in [2.05, 4.69) is 30.6 Å². The molecule has 0 aromatic carbocycles. The van der Waals surface area contributed by atoms with E-state index in [-0.39, 0.29) is 0 Å². The molecule has 0 aliphatic carbocycles. The first-order valence-electron chi connectivity index (χ1n) is 5.41. The van der Waals surface area contributed by atoms with E-state index in [0.717, 1.165) is 39.3 Å². The SMILES string of the molecule is C=C(C)CN(CC)CC1CNCCO1. The zero-order chi connectivity index (χ0) is 10.4. The first-order chi connectivity index (χ1) is 6.72. The number of morpholine rings is 1. The van der Waals surface area contributed by atoms with Crippen LogP contribution < -0.4 is 5.32 Å². The lowest BCUT2D eigenvalue weighted by molar-refractivity contribution is 0.00804. The number of nitrogens with one attached hydrogen (secondary N) is 1.